The molecule has 5 nitrogen and oxygen atoms in total. The molecule has 2 aromatic rings. The molecule has 0 bridgehead atoms. The topological polar surface area (TPSA) is 70.7 Å². The van der Waals surface area contributed by atoms with Crippen LogP contribution < -0.4 is 5.32 Å². The Kier molecular flexibility index (Phi) is 4.77. The normalized spacial score (nSPS) is 10.5. The van der Waals surface area contributed by atoms with Crippen molar-refractivity contribution in [1.29, 1.82) is 0 Å². The molecule has 0 saturated heterocycles. The molecule has 0 aliphatic rings. The van der Waals surface area contributed by atoms with Crippen molar-refractivity contribution in [3.63, 3.8) is 0 Å². The predicted molar refractivity (Wildman–Crippen MR) is 73.4 cm³/mol. The summed E-state index contributed by atoms with van der Waals surface area (Å²) in [7, 11) is 0. The monoisotopic (exact) mass is 282 g/mol. The molecule has 0 aliphatic heterocycles. The molecule has 0 radical (unpaired) electrons. The molecule has 0 unspecified atom stereocenters. The van der Waals surface area contributed by atoms with Crippen LogP contribution in [0.2, 0.25) is 0 Å². The van der Waals surface area contributed by atoms with Gasteiger partial charge in [0.15, 0.2) is 0 Å². The van der Waals surface area contributed by atoms with Crippen LogP contribution in [-0.2, 0) is 17.1 Å². The molecule has 0 atom stereocenters. The Bertz CT molecular complexity index is 495. The van der Waals surface area contributed by atoms with E-state index in [0.717, 1.165) is 22.3 Å². The van der Waals surface area contributed by atoms with E-state index in [9.17, 15) is 4.79 Å². The van der Waals surface area contributed by atoms with Crippen molar-refractivity contribution < 1.29 is 4.79 Å². The molecule has 2 rings (SSSR count). The van der Waals surface area contributed by atoms with Crippen molar-refractivity contribution in [1.82, 2.24) is 20.3 Å². The van der Waals surface area contributed by atoms with E-state index in [1.165, 1.54) is 0 Å². The van der Waals surface area contributed by atoms with E-state index in [-0.39, 0.29) is 5.91 Å². The van der Waals surface area contributed by atoms with Gasteiger partial charge in [0.25, 0.3) is 0 Å². The Morgan fingerprint density at radius 2 is 2.50 bits per heavy atom. The van der Waals surface area contributed by atoms with E-state index in [0.29, 0.717) is 12.3 Å². The highest BCUT2D eigenvalue weighted by Gasteiger charge is 2.04. The van der Waals surface area contributed by atoms with E-state index in [4.69, 9.17) is 0 Å². The smallest absolute Gasteiger partial charge is 0.230 e. The predicted octanol–water partition coefficient (Wildman–Crippen LogP) is 1.72. The number of aryl methyl sites for hydroxylation is 1. The third kappa shape index (κ3) is 4.15. The first-order valence-corrected chi connectivity index (χ1v) is 7.51. The summed E-state index contributed by atoms with van der Waals surface area (Å²) in [5, 5.41) is 5.90. The largest absolute Gasteiger partial charge is 0.348 e. The maximum atomic E-state index is 11.5. The molecular weight excluding hydrogens is 268 g/mol. The number of imidazole rings is 1. The molecular formula is C11H14N4OS2. The lowest BCUT2D eigenvalue weighted by Gasteiger charge is -2.02. The fraction of sp³-hybridized carbons (Fsp3) is 0.364. The van der Waals surface area contributed by atoms with Gasteiger partial charge in [-0.1, -0.05) is 0 Å². The summed E-state index contributed by atoms with van der Waals surface area (Å²) >= 11 is 3.20. The van der Waals surface area contributed by atoms with Gasteiger partial charge in [0.2, 0.25) is 5.91 Å². The molecule has 0 saturated carbocycles. The van der Waals surface area contributed by atoms with Crippen LogP contribution in [0.5, 0.6) is 0 Å². The van der Waals surface area contributed by atoms with Crippen LogP contribution in [0.25, 0.3) is 0 Å². The SMILES string of the molecule is Cc1nc(CSCC(=O)NCc2ncc[nH]2)cs1. The number of carbonyl (C=O) groups is 1. The van der Waals surface area contributed by atoms with Crippen molar-refractivity contribution >= 4 is 29.0 Å². The van der Waals surface area contributed by atoms with Crippen LogP contribution in [0.4, 0.5) is 0 Å². The quantitative estimate of drug-likeness (QED) is 0.846. The molecule has 1 amide bonds. The maximum absolute atomic E-state index is 11.5. The minimum atomic E-state index is 0.0170. The number of thioether (sulfide) groups is 1. The van der Waals surface area contributed by atoms with E-state index in [2.05, 4.69) is 20.3 Å². The Balaban J connectivity index is 1.63. The van der Waals surface area contributed by atoms with Crippen LogP contribution in [0, 0.1) is 6.92 Å². The van der Waals surface area contributed by atoms with Gasteiger partial charge in [-0.2, -0.15) is 0 Å². The second-order valence-corrected chi connectivity index (χ2v) is 5.71. The molecule has 0 aliphatic carbocycles. The Morgan fingerprint density at radius 1 is 1.61 bits per heavy atom. The summed E-state index contributed by atoms with van der Waals surface area (Å²) in [6.07, 6.45) is 3.40. The average molecular weight is 282 g/mol. The number of hydrogen-bond acceptors (Lipinski definition) is 5. The van der Waals surface area contributed by atoms with Gasteiger partial charge in [-0.05, 0) is 6.92 Å². The molecule has 2 N–H and O–H groups in total. The zero-order chi connectivity index (χ0) is 12.8. The minimum absolute atomic E-state index is 0.0170. The van der Waals surface area contributed by atoms with Gasteiger partial charge in [-0.25, -0.2) is 9.97 Å². The number of hydrogen-bond donors (Lipinski definition) is 2. The fourth-order valence-corrected chi connectivity index (χ4v) is 2.82. The standard InChI is InChI=1S/C11H14N4OS2/c1-8-15-9(6-18-8)5-17-7-11(16)14-4-10-12-2-3-13-10/h2-3,6H,4-5,7H2,1H3,(H,12,13)(H,14,16). The third-order valence-electron chi connectivity index (χ3n) is 2.16. The van der Waals surface area contributed by atoms with Gasteiger partial charge in [-0.15, -0.1) is 23.1 Å². The number of rotatable bonds is 6. The summed E-state index contributed by atoms with van der Waals surface area (Å²) in [5.41, 5.74) is 1.04. The van der Waals surface area contributed by atoms with Gasteiger partial charge < -0.3 is 10.3 Å². The molecule has 0 fully saturated rings. The number of nitrogens with one attached hydrogen (secondary N) is 2. The summed E-state index contributed by atoms with van der Waals surface area (Å²) in [5.74, 6) is 2.00. The lowest BCUT2D eigenvalue weighted by molar-refractivity contribution is -0.118. The Morgan fingerprint density at radius 3 is 3.17 bits per heavy atom. The first-order chi connectivity index (χ1) is 8.74. The van der Waals surface area contributed by atoms with Gasteiger partial charge in [0.05, 0.1) is 23.0 Å². The molecule has 0 aromatic carbocycles. The van der Waals surface area contributed by atoms with E-state index < -0.39 is 0 Å². The molecule has 2 heterocycles. The van der Waals surface area contributed by atoms with Gasteiger partial charge >= 0.3 is 0 Å². The van der Waals surface area contributed by atoms with Crippen molar-refractivity contribution in [2.75, 3.05) is 5.75 Å². The second-order valence-electron chi connectivity index (χ2n) is 3.66. The van der Waals surface area contributed by atoms with E-state index >= 15 is 0 Å². The van der Waals surface area contributed by atoms with Gasteiger partial charge in [0, 0.05) is 23.5 Å². The average Bonchev–Trinajstić information content (AvgIpc) is 2.98. The highest BCUT2D eigenvalue weighted by atomic mass is 32.2. The van der Waals surface area contributed by atoms with Crippen molar-refractivity contribution in [3.05, 3.63) is 34.3 Å². The van der Waals surface area contributed by atoms with Crippen molar-refractivity contribution in [2.45, 2.75) is 19.2 Å². The second kappa shape index (κ2) is 6.55. The zero-order valence-electron chi connectivity index (χ0n) is 9.97. The van der Waals surface area contributed by atoms with Crippen LogP contribution in [0.1, 0.15) is 16.5 Å². The molecule has 2 aromatic heterocycles. The number of aromatic amines is 1. The molecule has 7 heteroatoms. The summed E-state index contributed by atoms with van der Waals surface area (Å²) in [4.78, 5) is 22.9. The minimum Gasteiger partial charge on any atom is -0.348 e. The first-order valence-electron chi connectivity index (χ1n) is 5.48. The highest BCUT2D eigenvalue weighted by molar-refractivity contribution is 7.99. The van der Waals surface area contributed by atoms with E-state index in [1.54, 1.807) is 35.5 Å². The summed E-state index contributed by atoms with van der Waals surface area (Å²) in [6.45, 7) is 2.43. The van der Waals surface area contributed by atoms with Crippen LogP contribution in [0.15, 0.2) is 17.8 Å². The van der Waals surface area contributed by atoms with E-state index in [1.807, 2.05) is 12.3 Å². The lowest BCUT2D eigenvalue weighted by atomic mass is 10.5. The van der Waals surface area contributed by atoms with Gasteiger partial charge in [-0.3, -0.25) is 4.79 Å². The van der Waals surface area contributed by atoms with Crippen molar-refractivity contribution in [3.8, 4) is 0 Å². The lowest BCUT2D eigenvalue weighted by Crippen LogP contribution is -2.25. The Labute approximate surface area is 113 Å². The highest BCUT2D eigenvalue weighted by Crippen LogP contribution is 2.14. The van der Waals surface area contributed by atoms with Gasteiger partial charge in [0.1, 0.15) is 5.82 Å². The number of thiazole rings is 1. The maximum Gasteiger partial charge on any atom is 0.230 e. The third-order valence-corrected chi connectivity index (χ3v) is 3.95. The summed E-state index contributed by atoms with van der Waals surface area (Å²) in [6, 6.07) is 0. The molecule has 96 valence electrons. The number of amides is 1. The van der Waals surface area contributed by atoms with Crippen LogP contribution in [0.3, 0.4) is 0 Å². The summed E-state index contributed by atoms with van der Waals surface area (Å²) < 4.78 is 0. The van der Waals surface area contributed by atoms with Crippen LogP contribution in [-0.4, -0.2) is 26.6 Å². The van der Waals surface area contributed by atoms with Crippen molar-refractivity contribution in [2.24, 2.45) is 0 Å². The Hall–Kier alpha value is -1.34. The molecule has 18 heavy (non-hydrogen) atoms. The zero-order valence-corrected chi connectivity index (χ0v) is 11.6. The fourth-order valence-electron chi connectivity index (χ4n) is 1.35. The van der Waals surface area contributed by atoms with Crippen LogP contribution >= 0.6 is 23.1 Å². The first kappa shape index (κ1) is 13.1. The number of aromatic nitrogens is 3. The number of nitrogens with zero attached hydrogens (tertiary/aromatic N) is 2. The number of H-pyrrole nitrogens is 1. The molecule has 0 spiro atoms. The number of carbonyl (C=O) groups excluding carboxylic acids is 1.